The van der Waals surface area contributed by atoms with E-state index >= 15 is 0 Å². The number of carbonyl (C=O) groups excluding carboxylic acids is 3. The third kappa shape index (κ3) is 4.02. The first-order valence-corrected chi connectivity index (χ1v) is 6.76. The molecular formula is C17H16N2O3. The van der Waals surface area contributed by atoms with Gasteiger partial charge < -0.3 is 10.6 Å². The normalized spacial score (nSPS) is 9.91. The highest BCUT2D eigenvalue weighted by molar-refractivity contribution is 6.05. The van der Waals surface area contributed by atoms with Gasteiger partial charge in [0.25, 0.3) is 5.91 Å². The molecular weight excluding hydrogens is 280 g/mol. The highest BCUT2D eigenvalue weighted by Gasteiger charge is 2.07. The van der Waals surface area contributed by atoms with Crippen LogP contribution < -0.4 is 10.6 Å². The molecule has 0 radical (unpaired) electrons. The quantitative estimate of drug-likeness (QED) is 0.851. The predicted molar refractivity (Wildman–Crippen MR) is 85.1 cm³/mol. The molecule has 0 bridgehead atoms. The summed E-state index contributed by atoms with van der Waals surface area (Å²) in [4.78, 5) is 34.4. The Balaban J connectivity index is 2.11. The van der Waals surface area contributed by atoms with Gasteiger partial charge >= 0.3 is 0 Å². The number of Topliss-reactive ketones (excluding diaryl/α,β-unsaturated/α-hetero) is 1. The third-order valence-corrected chi connectivity index (χ3v) is 2.99. The fraction of sp³-hybridized carbons (Fsp3) is 0.118. The summed E-state index contributed by atoms with van der Waals surface area (Å²) in [5.41, 5.74) is 2.20. The summed E-state index contributed by atoms with van der Waals surface area (Å²) in [7, 11) is 0. The molecule has 0 spiro atoms. The second kappa shape index (κ2) is 6.67. The molecule has 0 aliphatic heterocycles. The zero-order valence-electron chi connectivity index (χ0n) is 12.3. The second-order valence-corrected chi connectivity index (χ2v) is 4.85. The van der Waals surface area contributed by atoms with E-state index in [1.54, 1.807) is 48.5 Å². The minimum absolute atomic E-state index is 0.0463. The molecule has 0 saturated carbocycles. The number of benzene rings is 2. The van der Waals surface area contributed by atoms with Crippen molar-refractivity contribution < 1.29 is 14.4 Å². The highest BCUT2D eigenvalue weighted by Crippen LogP contribution is 2.16. The Morgan fingerprint density at radius 1 is 0.773 bits per heavy atom. The molecule has 2 aromatic carbocycles. The first-order valence-electron chi connectivity index (χ1n) is 6.76. The molecule has 2 amide bonds. The van der Waals surface area contributed by atoms with E-state index in [0.717, 1.165) is 0 Å². The lowest BCUT2D eigenvalue weighted by atomic mass is 10.1. The van der Waals surface area contributed by atoms with E-state index in [-0.39, 0.29) is 17.6 Å². The number of ketones is 1. The van der Waals surface area contributed by atoms with Gasteiger partial charge in [-0.15, -0.1) is 0 Å². The first kappa shape index (κ1) is 15.4. The molecule has 22 heavy (non-hydrogen) atoms. The summed E-state index contributed by atoms with van der Waals surface area (Å²) in [5.74, 6) is -0.506. The van der Waals surface area contributed by atoms with E-state index in [1.807, 2.05) is 0 Å². The maximum absolute atomic E-state index is 12.1. The third-order valence-electron chi connectivity index (χ3n) is 2.99. The van der Waals surface area contributed by atoms with Gasteiger partial charge in [0.15, 0.2) is 5.78 Å². The van der Waals surface area contributed by atoms with Crippen LogP contribution in [-0.4, -0.2) is 17.6 Å². The minimum atomic E-state index is -0.282. The van der Waals surface area contributed by atoms with Crippen molar-refractivity contribution in [1.29, 1.82) is 0 Å². The highest BCUT2D eigenvalue weighted by atomic mass is 16.2. The van der Waals surface area contributed by atoms with Crippen molar-refractivity contribution in [2.24, 2.45) is 0 Å². The number of nitrogens with one attached hydrogen (secondary N) is 2. The Morgan fingerprint density at radius 3 is 1.86 bits per heavy atom. The average molecular weight is 296 g/mol. The molecule has 2 aromatic rings. The molecule has 0 unspecified atom stereocenters. The molecule has 2 N–H and O–H groups in total. The fourth-order valence-corrected chi connectivity index (χ4v) is 1.94. The summed E-state index contributed by atoms with van der Waals surface area (Å²) in [6.45, 7) is 2.89. The Labute approximate surface area is 128 Å². The Morgan fingerprint density at radius 2 is 1.32 bits per heavy atom. The van der Waals surface area contributed by atoms with Crippen molar-refractivity contribution in [3.63, 3.8) is 0 Å². The molecule has 0 aromatic heterocycles. The minimum Gasteiger partial charge on any atom is -0.326 e. The topological polar surface area (TPSA) is 75.3 Å². The van der Waals surface area contributed by atoms with Crippen LogP contribution in [0.4, 0.5) is 11.4 Å². The van der Waals surface area contributed by atoms with Gasteiger partial charge in [0.05, 0.1) is 0 Å². The van der Waals surface area contributed by atoms with E-state index in [1.165, 1.54) is 13.8 Å². The number of carbonyl (C=O) groups is 3. The summed E-state index contributed by atoms with van der Waals surface area (Å²) in [5, 5.41) is 5.40. The Bertz CT molecular complexity index is 721. The van der Waals surface area contributed by atoms with E-state index in [9.17, 15) is 14.4 Å². The van der Waals surface area contributed by atoms with Gasteiger partial charge in [0.1, 0.15) is 0 Å². The first-order chi connectivity index (χ1) is 10.5. The summed E-state index contributed by atoms with van der Waals surface area (Å²) in [6, 6.07) is 13.3. The zero-order chi connectivity index (χ0) is 16.1. The lowest BCUT2D eigenvalue weighted by molar-refractivity contribution is -0.114. The van der Waals surface area contributed by atoms with Crippen molar-refractivity contribution in [1.82, 2.24) is 0 Å². The lowest BCUT2D eigenvalue weighted by Crippen LogP contribution is -2.12. The standard InChI is InChI=1S/C17H16N2O3/c1-11(20)13-6-8-14(9-7-13)17(22)19-16-5-3-4-15(10-16)18-12(2)21/h3-10H,1-2H3,(H,18,21)(H,19,22). The van der Waals surface area contributed by atoms with Crippen LogP contribution in [0.1, 0.15) is 34.6 Å². The van der Waals surface area contributed by atoms with Crippen molar-refractivity contribution in [2.45, 2.75) is 13.8 Å². The van der Waals surface area contributed by atoms with Crippen LogP contribution in [0.5, 0.6) is 0 Å². The fourth-order valence-electron chi connectivity index (χ4n) is 1.94. The maximum Gasteiger partial charge on any atom is 0.255 e. The molecule has 5 heteroatoms. The molecule has 2 rings (SSSR count). The number of hydrogen-bond acceptors (Lipinski definition) is 3. The van der Waals surface area contributed by atoms with Gasteiger partial charge in [0.2, 0.25) is 5.91 Å². The summed E-state index contributed by atoms with van der Waals surface area (Å²) >= 11 is 0. The Kier molecular flexibility index (Phi) is 4.68. The molecule has 0 aliphatic carbocycles. The van der Waals surface area contributed by atoms with Gasteiger partial charge in [-0.1, -0.05) is 18.2 Å². The number of anilines is 2. The molecule has 5 nitrogen and oxygen atoms in total. The van der Waals surface area contributed by atoms with E-state index < -0.39 is 0 Å². The SMILES string of the molecule is CC(=O)Nc1cccc(NC(=O)c2ccc(C(C)=O)cc2)c1. The predicted octanol–water partition coefficient (Wildman–Crippen LogP) is 3.10. The number of amides is 2. The smallest absolute Gasteiger partial charge is 0.255 e. The van der Waals surface area contributed by atoms with Crippen LogP contribution in [0, 0.1) is 0 Å². The van der Waals surface area contributed by atoms with Crippen LogP contribution in [0.3, 0.4) is 0 Å². The summed E-state index contributed by atoms with van der Waals surface area (Å²) < 4.78 is 0. The van der Waals surface area contributed by atoms with Crippen molar-refractivity contribution >= 4 is 29.0 Å². The van der Waals surface area contributed by atoms with Gasteiger partial charge in [-0.2, -0.15) is 0 Å². The van der Waals surface area contributed by atoms with Crippen LogP contribution >= 0.6 is 0 Å². The van der Waals surface area contributed by atoms with Crippen LogP contribution in [0.15, 0.2) is 48.5 Å². The van der Waals surface area contributed by atoms with Crippen LogP contribution in [-0.2, 0) is 4.79 Å². The largest absolute Gasteiger partial charge is 0.326 e. The van der Waals surface area contributed by atoms with Crippen LogP contribution in [0.25, 0.3) is 0 Å². The van der Waals surface area contributed by atoms with E-state index in [0.29, 0.717) is 22.5 Å². The number of rotatable bonds is 4. The lowest BCUT2D eigenvalue weighted by Gasteiger charge is -2.08. The van der Waals surface area contributed by atoms with Gasteiger partial charge in [0, 0.05) is 29.4 Å². The number of hydrogen-bond donors (Lipinski definition) is 2. The molecule has 0 atom stereocenters. The average Bonchev–Trinajstić information content (AvgIpc) is 2.47. The summed E-state index contributed by atoms with van der Waals surface area (Å²) in [6.07, 6.45) is 0. The Hall–Kier alpha value is -2.95. The zero-order valence-corrected chi connectivity index (χ0v) is 12.3. The van der Waals surface area contributed by atoms with Crippen molar-refractivity contribution in [3.05, 3.63) is 59.7 Å². The molecule has 0 aliphatic rings. The molecule has 0 saturated heterocycles. The molecule has 112 valence electrons. The molecule has 0 fully saturated rings. The van der Waals surface area contributed by atoms with Crippen molar-refractivity contribution in [3.8, 4) is 0 Å². The maximum atomic E-state index is 12.1. The van der Waals surface area contributed by atoms with Gasteiger partial charge in [-0.3, -0.25) is 14.4 Å². The van der Waals surface area contributed by atoms with Crippen LogP contribution in [0.2, 0.25) is 0 Å². The van der Waals surface area contributed by atoms with E-state index in [2.05, 4.69) is 10.6 Å². The van der Waals surface area contributed by atoms with E-state index in [4.69, 9.17) is 0 Å². The van der Waals surface area contributed by atoms with Gasteiger partial charge in [-0.05, 0) is 37.3 Å². The van der Waals surface area contributed by atoms with Gasteiger partial charge in [-0.25, -0.2) is 0 Å². The monoisotopic (exact) mass is 296 g/mol. The molecule has 0 heterocycles. The van der Waals surface area contributed by atoms with Crippen molar-refractivity contribution in [2.75, 3.05) is 10.6 Å². The second-order valence-electron chi connectivity index (χ2n) is 4.85.